The number of nitrogens with one attached hydrogen (secondary N) is 1. The highest BCUT2D eigenvalue weighted by molar-refractivity contribution is 5.30. The molecular formula is C17H26N2O. The van der Waals surface area contributed by atoms with Crippen LogP contribution in [0, 0.1) is 6.92 Å². The predicted octanol–water partition coefficient (Wildman–Crippen LogP) is 3.77. The molecule has 2 rings (SSSR count). The van der Waals surface area contributed by atoms with Crippen LogP contribution in [0.15, 0.2) is 24.3 Å². The Hall–Kier alpha value is -1.35. The van der Waals surface area contributed by atoms with Gasteiger partial charge in [-0.15, -0.1) is 0 Å². The normalized spacial score (nSPS) is 19.1. The van der Waals surface area contributed by atoms with Gasteiger partial charge < -0.3 is 10.1 Å². The van der Waals surface area contributed by atoms with E-state index in [4.69, 9.17) is 4.74 Å². The van der Waals surface area contributed by atoms with E-state index in [0.717, 1.165) is 30.1 Å². The van der Waals surface area contributed by atoms with E-state index >= 15 is 0 Å². The number of rotatable bonds is 4. The van der Waals surface area contributed by atoms with Crippen LogP contribution in [0.3, 0.4) is 0 Å². The third-order valence-corrected chi connectivity index (χ3v) is 3.35. The number of allylic oxidation sites excluding steroid dienone is 1. The van der Waals surface area contributed by atoms with Crippen molar-refractivity contribution in [2.75, 3.05) is 0 Å². The molecule has 0 saturated carbocycles. The number of ether oxygens (including phenoxy) is 1. The van der Waals surface area contributed by atoms with E-state index in [9.17, 15) is 0 Å². The quantitative estimate of drug-likeness (QED) is 0.849. The van der Waals surface area contributed by atoms with Gasteiger partial charge in [-0.2, -0.15) is 0 Å². The van der Waals surface area contributed by atoms with Crippen molar-refractivity contribution >= 4 is 0 Å². The number of aryl methyl sites for hydroxylation is 1. The molecular weight excluding hydrogens is 248 g/mol. The van der Waals surface area contributed by atoms with Crippen molar-refractivity contribution in [2.24, 2.45) is 0 Å². The lowest BCUT2D eigenvalue weighted by atomic mass is 10.1. The van der Waals surface area contributed by atoms with Crippen LogP contribution in [0.4, 0.5) is 0 Å². The van der Waals surface area contributed by atoms with E-state index < -0.39 is 0 Å². The minimum absolute atomic E-state index is 0.0768. The molecule has 1 heterocycles. The summed E-state index contributed by atoms with van der Waals surface area (Å²) in [5.41, 5.74) is 2.11. The van der Waals surface area contributed by atoms with Gasteiger partial charge in [-0.1, -0.05) is 6.08 Å². The molecule has 0 aromatic carbocycles. The third-order valence-electron chi connectivity index (χ3n) is 3.35. The zero-order chi connectivity index (χ0) is 14.6. The molecule has 1 N–H and O–H groups in total. The van der Waals surface area contributed by atoms with Crippen molar-refractivity contribution in [3.8, 4) is 5.75 Å². The molecule has 0 saturated heterocycles. The van der Waals surface area contributed by atoms with Gasteiger partial charge in [0.2, 0.25) is 0 Å². The largest absolute Gasteiger partial charge is 0.484 e. The molecule has 0 spiro atoms. The summed E-state index contributed by atoms with van der Waals surface area (Å²) in [6, 6.07) is 4.06. The minimum atomic E-state index is 0.0768. The van der Waals surface area contributed by atoms with Crippen LogP contribution in [-0.2, 0) is 6.54 Å². The van der Waals surface area contributed by atoms with E-state index in [1.54, 1.807) is 0 Å². The fourth-order valence-corrected chi connectivity index (χ4v) is 2.22. The minimum Gasteiger partial charge on any atom is -0.484 e. The number of hydrogen-bond donors (Lipinski definition) is 1. The van der Waals surface area contributed by atoms with Crippen molar-refractivity contribution in [2.45, 2.75) is 65.1 Å². The lowest BCUT2D eigenvalue weighted by Crippen LogP contribution is -2.35. The van der Waals surface area contributed by atoms with Gasteiger partial charge in [0.05, 0.1) is 5.69 Å². The average Bonchev–Trinajstić information content (AvgIpc) is 2.39. The van der Waals surface area contributed by atoms with Crippen LogP contribution in [0.5, 0.6) is 5.75 Å². The summed E-state index contributed by atoms with van der Waals surface area (Å²) in [7, 11) is 0. The second-order valence-electron chi connectivity index (χ2n) is 6.52. The Morgan fingerprint density at radius 2 is 2.15 bits per heavy atom. The number of hydrogen-bond acceptors (Lipinski definition) is 3. The highest BCUT2D eigenvalue weighted by Gasteiger charge is 2.15. The van der Waals surface area contributed by atoms with Crippen LogP contribution in [-0.4, -0.2) is 16.6 Å². The Balaban J connectivity index is 2.10. The van der Waals surface area contributed by atoms with E-state index in [-0.39, 0.29) is 11.6 Å². The molecule has 0 bridgehead atoms. The molecule has 110 valence electrons. The maximum Gasteiger partial charge on any atom is 0.143 e. The van der Waals surface area contributed by atoms with Gasteiger partial charge in [-0.05, 0) is 65.2 Å². The SMILES string of the molecule is Cc1ccc(OC2C=CCCC2)c(CNC(C)(C)C)n1. The fourth-order valence-electron chi connectivity index (χ4n) is 2.22. The molecule has 0 aliphatic heterocycles. The van der Waals surface area contributed by atoms with E-state index in [0.29, 0.717) is 0 Å². The Kier molecular flexibility index (Phi) is 4.81. The molecule has 3 heteroatoms. The monoisotopic (exact) mass is 274 g/mol. The Labute approximate surface area is 122 Å². The van der Waals surface area contributed by atoms with Gasteiger partial charge in [0.25, 0.3) is 0 Å². The van der Waals surface area contributed by atoms with E-state index in [2.05, 4.69) is 43.2 Å². The van der Waals surface area contributed by atoms with E-state index in [1.165, 1.54) is 12.8 Å². The Morgan fingerprint density at radius 1 is 1.35 bits per heavy atom. The standard InChI is InChI=1S/C17H26N2O/c1-13-10-11-16(20-14-8-6-5-7-9-14)15(19-13)12-18-17(2,3)4/h6,8,10-11,14,18H,5,7,9,12H2,1-4H3. The molecule has 1 aromatic rings. The molecule has 1 atom stereocenters. The molecule has 0 radical (unpaired) electrons. The van der Waals surface area contributed by atoms with Gasteiger partial charge in [0, 0.05) is 17.8 Å². The molecule has 20 heavy (non-hydrogen) atoms. The maximum absolute atomic E-state index is 6.12. The summed E-state index contributed by atoms with van der Waals surface area (Å²) < 4.78 is 6.12. The summed E-state index contributed by atoms with van der Waals surface area (Å²) in [6.45, 7) is 9.23. The first-order chi connectivity index (χ1) is 9.44. The summed E-state index contributed by atoms with van der Waals surface area (Å²) >= 11 is 0. The topological polar surface area (TPSA) is 34.1 Å². The molecule has 1 aromatic heterocycles. The zero-order valence-electron chi connectivity index (χ0n) is 13.1. The first-order valence-corrected chi connectivity index (χ1v) is 7.49. The highest BCUT2D eigenvalue weighted by Crippen LogP contribution is 2.23. The van der Waals surface area contributed by atoms with Crippen LogP contribution in [0.2, 0.25) is 0 Å². The van der Waals surface area contributed by atoms with Crippen molar-refractivity contribution in [3.63, 3.8) is 0 Å². The van der Waals surface area contributed by atoms with Crippen LogP contribution in [0.25, 0.3) is 0 Å². The van der Waals surface area contributed by atoms with Gasteiger partial charge >= 0.3 is 0 Å². The second kappa shape index (κ2) is 6.40. The molecule has 3 nitrogen and oxygen atoms in total. The molecule has 1 unspecified atom stereocenters. The second-order valence-corrected chi connectivity index (χ2v) is 6.52. The number of nitrogens with zero attached hydrogens (tertiary/aromatic N) is 1. The first kappa shape index (κ1) is 15.0. The summed E-state index contributed by atoms with van der Waals surface area (Å²) in [5, 5.41) is 3.48. The predicted molar refractivity (Wildman–Crippen MR) is 83.0 cm³/mol. The van der Waals surface area contributed by atoms with Crippen molar-refractivity contribution in [1.29, 1.82) is 0 Å². The Morgan fingerprint density at radius 3 is 2.80 bits per heavy atom. The summed E-state index contributed by atoms with van der Waals surface area (Å²) in [4.78, 5) is 4.63. The summed E-state index contributed by atoms with van der Waals surface area (Å²) in [5.74, 6) is 0.906. The third kappa shape index (κ3) is 4.64. The van der Waals surface area contributed by atoms with Gasteiger partial charge in [0.1, 0.15) is 11.9 Å². The van der Waals surface area contributed by atoms with Gasteiger partial charge in [-0.25, -0.2) is 0 Å². The van der Waals surface area contributed by atoms with Crippen molar-refractivity contribution < 1.29 is 4.74 Å². The van der Waals surface area contributed by atoms with Crippen LogP contribution in [0.1, 0.15) is 51.4 Å². The first-order valence-electron chi connectivity index (χ1n) is 7.49. The van der Waals surface area contributed by atoms with Gasteiger partial charge in [-0.3, -0.25) is 4.98 Å². The fraction of sp³-hybridized carbons (Fsp3) is 0.588. The smallest absolute Gasteiger partial charge is 0.143 e. The highest BCUT2D eigenvalue weighted by atomic mass is 16.5. The van der Waals surface area contributed by atoms with Crippen molar-refractivity contribution in [3.05, 3.63) is 35.7 Å². The van der Waals surface area contributed by atoms with Gasteiger partial charge in [0.15, 0.2) is 0 Å². The van der Waals surface area contributed by atoms with Crippen LogP contribution >= 0.6 is 0 Å². The summed E-state index contributed by atoms with van der Waals surface area (Å²) in [6.07, 6.45) is 8.05. The molecule has 1 aliphatic carbocycles. The molecule has 0 amide bonds. The average molecular weight is 274 g/mol. The van der Waals surface area contributed by atoms with E-state index in [1.807, 2.05) is 19.1 Å². The molecule has 0 fully saturated rings. The lowest BCUT2D eigenvalue weighted by molar-refractivity contribution is 0.225. The van der Waals surface area contributed by atoms with Crippen LogP contribution < -0.4 is 10.1 Å². The maximum atomic E-state index is 6.12. The number of pyridine rings is 1. The number of aromatic nitrogens is 1. The van der Waals surface area contributed by atoms with Crippen molar-refractivity contribution in [1.82, 2.24) is 10.3 Å². The zero-order valence-corrected chi connectivity index (χ0v) is 13.1. The Bertz CT molecular complexity index is 474. The lowest BCUT2D eigenvalue weighted by Gasteiger charge is -2.23. The molecule has 1 aliphatic rings.